The normalized spacial score (nSPS) is 11.1. The monoisotopic (exact) mass is 291 g/mol. The lowest BCUT2D eigenvalue weighted by Crippen LogP contribution is -2.13. The number of ether oxygens (including phenoxy) is 1. The molecule has 0 radical (unpaired) electrons. The van der Waals surface area contributed by atoms with Gasteiger partial charge in [-0.1, -0.05) is 19.1 Å². The highest BCUT2D eigenvalue weighted by molar-refractivity contribution is 5.88. The first-order valence-electron chi connectivity index (χ1n) is 7.11. The van der Waals surface area contributed by atoms with Crippen LogP contribution in [0.3, 0.4) is 0 Å². The van der Waals surface area contributed by atoms with Crippen LogP contribution in [0.15, 0.2) is 12.4 Å². The highest BCUT2D eigenvalue weighted by Crippen LogP contribution is 2.19. The zero-order chi connectivity index (χ0) is 15.4. The molecule has 0 saturated heterocycles. The lowest BCUT2D eigenvalue weighted by Gasteiger charge is -2.10. The van der Waals surface area contributed by atoms with Crippen molar-refractivity contribution in [3.8, 4) is 0 Å². The quantitative estimate of drug-likeness (QED) is 0.755. The second-order valence-electron chi connectivity index (χ2n) is 5.19. The third-order valence-corrected chi connectivity index (χ3v) is 3.16. The van der Waals surface area contributed by atoms with E-state index in [4.69, 9.17) is 4.74 Å². The van der Waals surface area contributed by atoms with Gasteiger partial charge in [0.05, 0.1) is 18.5 Å². The molecule has 0 aliphatic rings. The van der Waals surface area contributed by atoms with Crippen LogP contribution in [0.4, 0.5) is 0 Å². The third-order valence-electron chi connectivity index (χ3n) is 3.16. The minimum absolute atomic E-state index is 0.147. The first-order valence-corrected chi connectivity index (χ1v) is 7.11. The van der Waals surface area contributed by atoms with E-state index in [1.54, 1.807) is 16.3 Å². The first-order chi connectivity index (χ1) is 10.0. The topological polar surface area (TPSA) is 74.8 Å². The Morgan fingerprint density at radius 1 is 1.43 bits per heavy atom. The fourth-order valence-corrected chi connectivity index (χ4v) is 2.24. The standard InChI is InChI=1S/C14H21N5O2/c1-5-21-14(20)12-13(10(2)3)19(17-16-12)7-6-11-8-15-18(4)9-11/h8-10H,5-7H2,1-4H3. The van der Waals surface area contributed by atoms with Gasteiger partial charge in [0.15, 0.2) is 5.69 Å². The predicted octanol–water partition coefficient (Wildman–Crippen LogP) is 1.55. The van der Waals surface area contributed by atoms with Crippen LogP contribution in [0, 0.1) is 0 Å². The highest BCUT2D eigenvalue weighted by atomic mass is 16.5. The van der Waals surface area contributed by atoms with Crippen LogP contribution in [0.25, 0.3) is 0 Å². The number of carbonyl (C=O) groups excluding carboxylic acids is 1. The van der Waals surface area contributed by atoms with Gasteiger partial charge in [0, 0.05) is 19.8 Å². The molecule has 0 bridgehead atoms. The fraction of sp³-hybridized carbons (Fsp3) is 0.571. The van der Waals surface area contributed by atoms with E-state index in [1.807, 2.05) is 33.3 Å². The number of nitrogens with zero attached hydrogens (tertiary/aromatic N) is 5. The van der Waals surface area contributed by atoms with Crippen molar-refractivity contribution in [3.63, 3.8) is 0 Å². The predicted molar refractivity (Wildman–Crippen MR) is 77.0 cm³/mol. The number of carbonyl (C=O) groups is 1. The number of esters is 1. The van der Waals surface area contributed by atoms with Crippen molar-refractivity contribution in [2.45, 2.75) is 39.7 Å². The van der Waals surface area contributed by atoms with E-state index in [-0.39, 0.29) is 5.92 Å². The van der Waals surface area contributed by atoms with Gasteiger partial charge < -0.3 is 4.74 Å². The lowest BCUT2D eigenvalue weighted by molar-refractivity contribution is 0.0517. The Bertz CT molecular complexity index is 615. The summed E-state index contributed by atoms with van der Waals surface area (Å²) in [6.45, 7) is 6.80. The molecule has 0 N–H and O–H groups in total. The smallest absolute Gasteiger partial charge is 0.360 e. The SMILES string of the molecule is CCOC(=O)c1nnn(CCc2cnn(C)c2)c1C(C)C. The van der Waals surface area contributed by atoms with Gasteiger partial charge in [-0.3, -0.25) is 4.68 Å². The van der Waals surface area contributed by atoms with E-state index < -0.39 is 5.97 Å². The highest BCUT2D eigenvalue weighted by Gasteiger charge is 2.22. The number of hydrogen-bond acceptors (Lipinski definition) is 5. The van der Waals surface area contributed by atoms with Crippen LogP contribution in [0.1, 0.15) is 48.4 Å². The van der Waals surface area contributed by atoms with E-state index in [0.717, 1.165) is 17.7 Å². The molecule has 7 heteroatoms. The zero-order valence-electron chi connectivity index (χ0n) is 12.9. The van der Waals surface area contributed by atoms with Crippen molar-refractivity contribution in [1.29, 1.82) is 0 Å². The Kier molecular flexibility index (Phi) is 4.72. The summed E-state index contributed by atoms with van der Waals surface area (Å²) in [6.07, 6.45) is 4.59. The van der Waals surface area contributed by atoms with E-state index in [2.05, 4.69) is 15.4 Å². The molecule has 21 heavy (non-hydrogen) atoms. The summed E-state index contributed by atoms with van der Waals surface area (Å²) in [5.41, 5.74) is 2.26. The summed E-state index contributed by atoms with van der Waals surface area (Å²) < 4.78 is 8.58. The molecule has 0 spiro atoms. The Balaban J connectivity index is 2.17. The lowest BCUT2D eigenvalue weighted by atomic mass is 10.1. The minimum atomic E-state index is -0.408. The first kappa shape index (κ1) is 15.2. The van der Waals surface area contributed by atoms with Gasteiger partial charge in [-0.25, -0.2) is 9.48 Å². The molecule has 7 nitrogen and oxygen atoms in total. The largest absolute Gasteiger partial charge is 0.461 e. The number of aromatic nitrogens is 5. The number of rotatable bonds is 6. The van der Waals surface area contributed by atoms with Crippen molar-refractivity contribution in [2.24, 2.45) is 7.05 Å². The Hall–Kier alpha value is -2.18. The van der Waals surface area contributed by atoms with Gasteiger partial charge in [-0.15, -0.1) is 5.10 Å². The third kappa shape index (κ3) is 3.48. The number of aryl methyl sites for hydroxylation is 3. The van der Waals surface area contributed by atoms with E-state index in [0.29, 0.717) is 18.8 Å². The molecule has 2 aromatic rings. The molecule has 0 aliphatic carbocycles. The summed E-state index contributed by atoms with van der Waals surface area (Å²) in [5.74, 6) is -0.262. The molecule has 2 heterocycles. The maximum Gasteiger partial charge on any atom is 0.360 e. The Labute approximate surface area is 123 Å². The summed E-state index contributed by atoms with van der Waals surface area (Å²) >= 11 is 0. The van der Waals surface area contributed by atoms with Crippen LogP contribution in [0.5, 0.6) is 0 Å². The van der Waals surface area contributed by atoms with Gasteiger partial charge in [-0.05, 0) is 24.8 Å². The van der Waals surface area contributed by atoms with Crippen molar-refractivity contribution in [3.05, 3.63) is 29.3 Å². The van der Waals surface area contributed by atoms with Crippen LogP contribution in [0.2, 0.25) is 0 Å². The summed E-state index contributed by atoms with van der Waals surface area (Å²) in [4.78, 5) is 11.9. The van der Waals surface area contributed by atoms with Gasteiger partial charge >= 0.3 is 5.97 Å². The van der Waals surface area contributed by atoms with Crippen molar-refractivity contribution < 1.29 is 9.53 Å². The average molecular weight is 291 g/mol. The molecule has 0 amide bonds. The van der Waals surface area contributed by atoms with Gasteiger partial charge in [0.2, 0.25) is 0 Å². The van der Waals surface area contributed by atoms with Crippen LogP contribution in [-0.2, 0) is 24.8 Å². The van der Waals surface area contributed by atoms with Gasteiger partial charge in [0.25, 0.3) is 0 Å². The molecule has 2 aromatic heterocycles. The molecule has 0 aromatic carbocycles. The number of hydrogen-bond donors (Lipinski definition) is 0. The van der Waals surface area contributed by atoms with Gasteiger partial charge in [-0.2, -0.15) is 5.10 Å². The minimum Gasteiger partial charge on any atom is -0.461 e. The summed E-state index contributed by atoms with van der Waals surface area (Å²) in [5, 5.41) is 12.2. The van der Waals surface area contributed by atoms with Crippen LogP contribution in [-0.4, -0.2) is 37.4 Å². The Morgan fingerprint density at radius 3 is 2.76 bits per heavy atom. The molecule has 0 unspecified atom stereocenters. The van der Waals surface area contributed by atoms with E-state index in [9.17, 15) is 4.79 Å². The average Bonchev–Trinajstić information content (AvgIpc) is 3.02. The van der Waals surface area contributed by atoms with Crippen molar-refractivity contribution in [2.75, 3.05) is 6.61 Å². The second kappa shape index (κ2) is 6.51. The zero-order valence-corrected chi connectivity index (χ0v) is 12.9. The Morgan fingerprint density at radius 2 is 2.19 bits per heavy atom. The fourth-order valence-electron chi connectivity index (χ4n) is 2.24. The van der Waals surface area contributed by atoms with Crippen molar-refractivity contribution in [1.82, 2.24) is 24.8 Å². The van der Waals surface area contributed by atoms with E-state index >= 15 is 0 Å². The molecular weight excluding hydrogens is 270 g/mol. The second-order valence-corrected chi connectivity index (χ2v) is 5.19. The van der Waals surface area contributed by atoms with Crippen LogP contribution >= 0.6 is 0 Å². The van der Waals surface area contributed by atoms with Gasteiger partial charge in [0.1, 0.15) is 0 Å². The maximum absolute atomic E-state index is 11.9. The molecule has 0 aliphatic heterocycles. The molecule has 114 valence electrons. The molecule has 0 fully saturated rings. The molecule has 2 rings (SSSR count). The summed E-state index contributed by atoms with van der Waals surface area (Å²) in [7, 11) is 1.89. The van der Waals surface area contributed by atoms with Crippen LogP contribution < -0.4 is 0 Å². The molecule has 0 saturated carbocycles. The molecule has 0 atom stereocenters. The summed E-state index contributed by atoms with van der Waals surface area (Å²) in [6, 6.07) is 0. The van der Waals surface area contributed by atoms with E-state index in [1.165, 1.54) is 0 Å². The molecular formula is C14H21N5O2. The van der Waals surface area contributed by atoms with Crippen molar-refractivity contribution >= 4 is 5.97 Å². The maximum atomic E-state index is 11.9.